The molecule has 0 aliphatic heterocycles. The van der Waals surface area contributed by atoms with E-state index >= 15 is 0 Å². The maximum absolute atomic E-state index is 13.7. The topological polar surface area (TPSA) is 86.1 Å². The van der Waals surface area contributed by atoms with E-state index in [1.54, 1.807) is 22.2 Å². The van der Waals surface area contributed by atoms with Gasteiger partial charge in [-0.25, -0.2) is 9.37 Å². The van der Waals surface area contributed by atoms with Gasteiger partial charge < -0.3 is 4.74 Å². The van der Waals surface area contributed by atoms with Crippen LogP contribution < -0.4 is 15.5 Å². The number of nitrogens with zero attached hydrogens (tertiary/aromatic N) is 3. The lowest BCUT2D eigenvalue weighted by Gasteiger charge is -2.10. The van der Waals surface area contributed by atoms with Crippen LogP contribution in [0.4, 0.5) is 9.52 Å². The minimum Gasteiger partial charge on any atom is -0.496 e. The van der Waals surface area contributed by atoms with Crippen molar-refractivity contribution in [2.24, 2.45) is 0 Å². The van der Waals surface area contributed by atoms with Gasteiger partial charge in [0.15, 0.2) is 10.8 Å². The first-order chi connectivity index (χ1) is 14.9. The van der Waals surface area contributed by atoms with Gasteiger partial charge in [0, 0.05) is 22.5 Å². The Labute approximate surface area is 185 Å². The Kier molecular flexibility index (Phi) is 5.71. The number of halogens is 2. The van der Waals surface area contributed by atoms with E-state index in [9.17, 15) is 14.0 Å². The van der Waals surface area contributed by atoms with Crippen molar-refractivity contribution in [1.29, 1.82) is 0 Å². The summed E-state index contributed by atoms with van der Waals surface area (Å²) in [4.78, 5) is 30.0. The molecule has 0 aliphatic carbocycles. The zero-order valence-corrected chi connectivity index (χ0v) is 18.1. The second kappa shape index (κ2) is 8.44. The van der Waals surface area contributed by atoms with Crippen molar-refractivity contribution in [2.45, 2.75) is 13.5 Å². The van der Waals surface area contributed by atoms with Crippen LogP contribution in [-0.4, -0.2) is 27.8 Å². The van der Waals surface area contributed by atoms with Crippen LogP contribution in [0.5, 0.6) is 5.75 Å². The summed E-state index contributed by atoms with van der Waals surface area (Å²) in [6, 6.07) is 8.95. The van der Waals surface area contributed by atoms with Gasteiger partial charge >= 0.3 is 0 Å². The number of ether oxygens (including phenoxy) is 1. The van der Waals surface area contributed by atoms with Gasteiger partial charge in [-0.3, -0.25) is 19.6 Å². The lowest BCUT2D eigenvalue weighted by molar-refractivity contribution is 0.101. The number of aromatic nitrogens is 3. The summed E-state index contributed by atoms with van der Waals surface area (Å²) in [7, 11) is 1.47. The number of hydrogen-bond donors (Lipinski definition) is 1. The molecule has 158 valence electrons. The third kappa shape index (κ3) is 4.01. The maximum atomic E-state index is 13.7. The quantitative estimate of drug-likeness (QED) is 0.472. The van der Waals surface area contributed by atoms with Crippen LogP contribution in [-0.2, 0) is 6.54 Å². The highest BCUT2D eigenvalue weighted by atomic mass is 35.5. The first-order valence-electron chi connectivity index (χ1n) is 9.22. The van der Waals surface area contributed by atoms with Crippen LogP contribution >= 0.6 is 22.9 Å². The van der Waals surface area contributed by atoms with Gasteiger partial charge in [0.25, 0.3) is 5.91 Å². The highest BCUT2D eigenvalue weighted by molar-refractivity contribution is 7.14. The van der Waals surface area contributed by atoms with Crippen molar-refractivity contribution >= 4 is 44.9 Å². The number of anilines is 1. The van der Waals surface area contributed by atoms with Crippen LogP contribution in [0.3, 0.4) is 0 Å². The monoisotopic (exact) mass is 458 g/mol. The fourth-order valence-electron chi connectivity index (χ4n) is 3.14. The fourth-order valence-corrected chi connectivity index (χ4v) is 4.02. The minimum absolute atomic E-state index is 0.238. The third-order valence-corrected chi connectivity index (χ3v) is 5.59. The molecule has 4 aromatic rings. The van der Waals surface area contributed by atoms with E-state index in [4.69, 9.17) is 16.3 Å². The molecule has 2 heterocycles. The highest BCUT2D eigenvalue weighted by Gasteiger charge is 2.19. The Hall–Kier alpha value is -3.30. The molecule has 4 rings (SSSR count). The summed E-state index contributed by atoms with van der Waals surface area (Å²) >= 11 is 7.17. The summed E-state index contributed by atoms with van der Waals surface area (Å²) in [6.07, 6.45) is 0. The van der Waals surface area contributed by atoms with E-state index in [0.29, 0.717) is 39.5 Å². The predicted octanol–water partition coefficient (Wildman–Crippen LogP) is 4.59. The van der Waals surface area contributed by atoms with Crippen LogP contribution in [0.1, 0.15) is 17.4 Å². The molecule has 0 atom stereocenters. The molecule has 0 aliphatic rings. The molecule has 31 heavy (non-hydrogen) atoms. The molecule has 0 radical (unpaired) electrons. The molecule has 1 N–H and O–H groups in total. The first kappa shape index (κ1) is 21.0. The number of hydrogen-bond acceptors (Lipinski definition) is 6. The zero-order chi connectivity index (χ0) is 22.1. The number of rotatable bonds is 5. The summed E-state index contributed by atoms with van der Waals surface area (Å²) in [5.74, 6) is -0.682. The van der Waals surface area contributed by atoms with Gasteiger partial charge in [-0.1, -0.05) is 11.6 Å². The molecule has 7 nitrogen and oxygen atoms in total. The smallest absolute Gasteiger partial charge is 0.281 e. The van der Waals surface area contributed by atoms with E-state index in [1.807, 2.05) is 6.92 Å². The Balaban J connectivity index is 1.69. The third-order valence-electron chi connectivity index (χ3n) is 4.59. The van der Waals surface area contributed by atoms with Crippen molar-refractivity contribution in [3.63, 3.8) is 0 Å². The van der Waals surface area contributed by atoms with Crippen LogP contribution in [0, 0.1) is 5.82 Å². The second-order valence-electron chi connectivity index (χ2n) is 6.49. The lowest BCUT2D eigenvalue weighted by Crippen LogP contribution is -2.27. The number of carbonyl (C=O) groups excluding carboxylic acids is 1. The predicted molar refractivity (Wildman–Crippen MR) is 119 cm³/mol. The van der Waals surface area contributed by atoms with Gasteiger partial charge in [0.1, 0.15) is 11.6 Å². The average molecular weight is 459 g/mol. The summed E-state index contributed by atoms with van der Waals surface area (Å²) < 4.78 is 20.5. The molecule has 0 bridgehead atoms. The molecule has 0 unspecified atom stereocenters. The number of aryl methyl sites for hydroxylation is 1. The molecular formula is C21H16ClFN4O3S. The molecule has 0 saturated carbocycles. The average Bonchev–Trinajstić information content (AvgIpc) is 3.22. The van der Waals surface area contributed by atoms with Crippen LogP contribution in [0.25, 0.3) is 22.2 Å². The largest absolute Gasteiger partial charge is 0.496 e. The Morgan fingerprint density at radius 3 is 2.84 bits per heavy atom. The molecule has 2 aromatic heterocycles. The number of nitrogens with one attached hydrogen (secondary N) is 1. The Bertz CT molecular complexity index is 1370. The van der Waals surface area contributed by atoms with Crippen molar-refractivity contribution in [2.75, 3.05) is 12.4 Å². The van der Waals surface area contributed by atoms with Crippen LogP contribution in [0.2, 0.25) is 5.02 Å². The number of fused-ring (bicyclic) bond motifs is 1. The van der Waals surface area contributed by atoms with Crippen molar-refractivity contribution in [1.82, 2.24) is 14.8 Å². The minimum atomic E-state index is -0.693. The molecule has 0 spiro atoms. The van der Waals surface area contributed by atoms with Crippen LogP contribution in [0.15, 0.2) is 46.6 Å². The number of benzene rings is 2. The summed E-state index contributed by atoms with van der Waals surface area (Å²) in [5.41, 5.74) is 0.676. The summed E-state index contributed by atoms with van der Waals surface area (Å²) in [6.45, 7) is 2.31. The van der Waals surface area contributed by atoms with Crippen molar-refractivity contribution in [3.8, 4) is 17.0 Å². The van der Waals surface area contributed by atoms with Gasteiger partial charge in [-0.05, 0) is 43.3 Å². The van der Waals surface area contributed by atoms with E-state index in [-0.39, 0.29) is 10.8 Å². The normalized spacial score (nSPS) is 11.0. The number of carbonyl (C=O) groups is 1. The summed E-state index contributed by atoms with van der Waals surface area (Å²) in [5, 5.41) is 9.39. The van der Waals surface area contributed by atoms with Crippen molar-refractivity contribution < 1.29 is 13.9 Å². The molecule has 0 saturated heterocycles. The van der Waals surface area contributed by atoms with Gasteiger partial charge in [-0.2, -0.15) is 5.10 Å². The molecule has 2 aromatic carbocycles. The van der Waals surface area contributed by atoms with Gasteiger partial charge in [0.05, 0.1) is 23.7 Å². The fraction of sp³-hybridized carbons (Fsp3) is 0.143. The standard InChI is InChI=1S/C21H16ClFN4O3S/c1-3-27-16-6-4-11(22)8-14(16)19(28)18(26-27)20(29)25-21-24-15(10-31-21)13-9-12(23)5-7-17(13)30-2/h4-10H,3H2,1-2H3,(H,24,25,29). The lowest BCUT2D eigenvalue weighted by atomic mass is 10.1. The molecule has 10 heteroatoms. The second-order valence-corrected chi connectivity index (χ2v) is 7.79. The van der Waals surface area contributed by atoms with E-state index in [1.165, 1.54) is 31.4 Å². The Morgan fingerprint density at radius 1 is 1.29 bits per heavy atom. The number of thiazole rings is 1. The highest BCUT2D eigenvalue weighted by Crippen LogP contribution is 2.32. The number of amides is 1. The van der Waals surface area contributed by atoms with Gasteiger partial charge in [0.2, 0.25) is 5.43 Å². The Morgan fingerprint density at radius 2 is 2.10 bits per heavy atom. The van der Waals surface area contributed by atoms with E-state index in [2.05, 4.69) is 15.4 Å². The zero-order valence-electron chi connectivity index (χ0n) is 16.5. The molecule has 0 fully saturated rings. The molecular weight excluding hydrogens is 443 g/mol. The first-order valence-corrected chi connectivity index (χ1v) is 10.5. The molecule has 1 amide bonds. The van der Waals surface area contributed by atoms with E-state index in [0.717, 1.165) is 11.3 Å². The maximum Gasteiger partial charge on any atom is 0.281 e. The number of methoxy groups -OCH3 is 1. The SMILES string of the molecule is CCn1nc(C(=O)Nc2nc(-c3cc(F)ccc3OC)cs2)c(=O)c2cc(Cl)ccc21. The van der Waals surface area contributed by atoms with E-state index < -0.39 is 17.2 Å². The van der Waals surface area contributed by atoms with Crippen molar-refractivity contribution in [3.05, 3.63) is 68.5 Å². The van der Waals surface area contributed by atoms with Gasteiger partial charge in [-0.15, -0.1) is 11.3 Å².